The van der Waals surface area contributed by atoms with Gasteiger partial charge in [0.05, 0.1) is 12.2 Å². The lowest BCUT2D eigenvalue weighted by molar-refractivity contribution is 0.104. The number of nitrogens with zero attached hydrogens (tertiary/aromatic N) is 4. The topological polar surface area (TPSA) is 109 Å². The molecular weight excluding hydrogens is 438 g/mol. The molecule has 9 heteroatoms. The lowest BCUT2D eigenvalue weighted by atomic mass is 10.1. The van der Waals surface area contributed by atoms with Gasteiger partial charge in [0.15, 0.2) is 5.78 Å². The molecule has 0 bridgehead atoms. The minimum atomic E-state index is -0.273. The Kier molecular flexibility index (Phi) is 7.62. The predicted molar refractivity (Wildman–Crippen MR) is 131 cm³/mol. The maximum Gasteiger partial charge on any atom is 0.223 e. The molecule has 0 atom stereocenters. The summed E-state index contributed by atoms with van der Waals surface area (Å²) in [4.78, 5) is 27.8. The Balaban J connectivity index is 1.44. The molecule has 1 fully saturated rings. The smallest absolute Gasteiger partial charge is 0.223 e. The fourth-order valence-corrected chi connectivity index (χ4v) is 3.86. The summed E-state index contributed by atoms with van der Waals surface area (Å²) in [6.45, 7) is 4.86. The molecule has 33 heavy (non-hydrogen) atoms. The van der Waals surface area contributed by atoms with Crippen molar-refractivity contribution in [2.24, 2.45) is 0 Å². The number of halogens is 1. The Morgan fingerprint density at radius 1 is 1.12 bits per heavy atom. The Morgan fingerprint density at radius 3 is 2.64 bits per heavy atom. The lowest BCUT2D eigenvalue weighted by Crippen LogP contribution is -2.43. The van der Waals surface area contributed by atoms with E-state index in [4.69, 9.17) is 17.3 Å². The standard InChI is InChI=1S/C24H26ClN7O/c25-22-21(20(33)7-4-12-32-13-10-27-11-14-32)23(31-24(26)30-22)29-16-19-9-8-18(15-28-19)17-5-2-1-3-6-17/h1-9,15,27H,10-14,16H2,(H3,26,29,30,31)/b7-4+. The SMILES string of the molecule is Nc1nc(Cl)c(C(=O)/C=C/CN2CCNCC2)c(NCc2ccc(-c3ccccc3)cn2)n1. The van der Waals surface area contributed by atoms with Gasteiger partial charge in [-0.1, -0.05) is 54.1 Å². The first-order chi connectivity index (χ1) is 16.1. The van der Waals surface area contributed by atoms with Crippen molar-refractivity contribution in [2.75, 3.05) is 43.8 Å². The van der Waals surface area contributed by atoms with E-state index in [0.29, 0.717) is 18.9 Å². The van der Waals surface area contributed by atoms with Gasteiger partial charge in [-0.15, -0.1) is 0 Å². The van der Waals surface area contributed by atoms with Crippen LogP contribution in [0.3, 0.4) is 0 Å². The molecule has 1 aliphatic heterocycles. The van der Waals surface area contributed by atoms with E-state index in [9.17, 15) is 4.79 Å². The number of allylic oxidation sites excluding steroid dienone is 1. The molecular formula is C24H26ClN7O. The first kappa shape index (κ1) is 22.8. The molecule has 3 aromatic rings. The van der Waals surface area contributed by atoms with Gasteiger partial charge in [0.1, 0.15) is 16.5 Å². The largest absolute Gasteiger partial charge is 0.368 e. The average molecular weight is 464 g/mol. The number of hydrogen-bond acceptors (Lipinski definition) is 8. The van der Waals surface area contributed by atoms with Crippen molar-refractivity contribution in [1.82, 2.24) is 25.2 Å². The van der Waals surface area contributed by atoms with Crippen molar-refractivity contribution in [1.29, 1.82) is 0 Å². The Hall–Kier alpha value is -3.33. The third-order valence-corrected chi connectivity index (χ3v) is 5.61. The van der Waals surface area contributed by atoms with Crippen LogP contribution in [-0.2, 0) is 6.54 Å². The molecule has 4 rings (SSSR count). The quantitative estimate of drug-likeness (QED) is 0.266. The highest BCUT2D eigenvalue weighted by atomic mass is 35.5. The summed E-state index contributed by atoms with van der Waals surface area (Å²) in [7, 11) is 0. The van der Waals surface area contributed by atoms with E-state index in [1.807, 2.05) is 54.7 Å². The molecule has 0 saturated carbocycles. The maximum atomic E-state index is 12.9. The molecule has 0 amide bonds. The molecule has 170 valence electrons. The highest BCUT2D eigenvalue weighted by molar-refractivity contribution is 6.34. The van der Waals surface area contributed by atoms with Gasteiger partial charge in [0.2, 0.25) is 5.95 Å². The molecule has 1 aliphatic rings. The number of carbonyl (C=O) groups is 1. The summed E-state index contributed by atoms with van der Waals surface area (Å²) in [5.41, 5.74) is 8.88. The van der Waals surface area contributed by atoms with E-state index in [-0.39, 0.29) is 22.4 Å². The summed E-state index contributed by atoms with van der Waals surface area (Å²) < 4.78 is 0. The van der Waals surface area contributed by atoms with Gasteiger partial charge in [-0.3, -0.25) is 14.7 Å². The van der Waals surface area contributed by atoms with Crippen molar-refractivity contribution in [2.45, 2.75) is 6.54 Å². The summed E-state index contributed by atoms with van der Waals surface area (Å²) in [6, 6.07) is 14.0. The molecule has 0 unspecified atom stereocenters. The van der Waals surface area contributed by atoms with E-state index in [0.717, 1.165) is 43.0 Å². The number of rotatable bonds is 8. The first-order valence-corrected chi connectivity index (χ1v) is 11.2. The van der Waals surface area contributed by atoms with Gasteiger partial charge in [0.25, 0.3) is 0 Å². The first-order valence-electron chi connectivity index (χ1n) is 10.8. The number of hydrogen-bond donors (Lipinski definition) is 3. The number of nitrogen functional groups attached to an aromatic ring is 1. The highest BCUT2D eigenvalue weighted by Gasteiger charge is 2.18. The highest BCUT2D eigenvalue weighted by Crippen LogP contribution is 2.24. The molecule has 3 heterocycles. The van der Waals surface area contributed by atoms with E-state index in [1.165, 1.54) is 6.08 Å². The molecule has 0 radical (unpaired) electrons. The van der Waals surface area contributed by atoms with E-state index < -0.39 is 0 Å². The second kappa shape index (κ2) is 11.0. The zero-order valence-electron chi connectivity index (χ0n) is 18.2. The van der Waals surface area contributed by atoms with Crippen LogP contribution >= 0.6 is 11.6 Å². The molecule has 0 spiro atoms. The van der Waals surface area contributed by atoms with Gasteiger partial charge in [-0.25, -0.2) is 4.98 Å². The van der Waals surface area contributed by atoms with Crippen LogP contribution < -0.4 is 16.4 Å². The number of piperazine rings is 1. The normalized spacial score (nSPS) is 14.5. The number of pyridine rings is 1. The number of carbonyl (C=O) groups excluding carboxylic acids is 1. The molecule has 1 saturated heterocycles. The van der Waals surface area contributed by atoms with Crippen LogP contribution in [0, 0.1) is 0 Å². The van der Waals surface area contributed by atoms with Gasteiger partial charge in [0, 0.05) is 44.5 Å². The Bertz CT molecular complexity index is 1110. The molecule has 4 N–H and O–H groups in total. The Morgan fingerprint density at radius 2 is 1.91 bits per heavy atom. The van der Waals surface area contributed by atoms with Crippen LogP contribution in [0.25, 0.3) is 11.1 Å². The van der Waals surface area contributed by atoms with Crippen LogP contribution in [0.2, 0.25) is 5.15 Å². The fourth-order valence-electron chi connectivity index (χ4n) is 3.59. The number of ketones is 1. The van der Waals surface area contributed by atoms with Gasteiger partial charge >= 0.3 is 0 Å². The number of nitrogens with one attached hydrogen (secondary N) is 2. The van der Waals surface area contributed by atoms with Gasteiger partial charge in [-0.2, -0.15) is 4.98 Å². The minimum Gasteiger partial charge on any atom is -0.368 e. The van der Waals surface area contributed by atoms with Crippen molar-refractivity contribution in [3.63, 3.8) is 0 Å². The zero-order valence-corrected chi connectivity index (χ0v) is 18.9. The summed E-state index contributed by atoms with van der Waals surface area (Å²) in [5.74, 6) is 0.0134. The number of nitrogens with two attached hydrogens (primary N) is 1. The number of benzene rings is 1. The molecule has 1 aromatic carbocycles. The van der Waals surface area contributed by atoms with Crippen LogP contribution in [0.15, 0.2) is 60.8 Å². The number of anilines is 2. The number of aromatic nitrogens is 3. The summed E-state index contributed by atoms with van der Waals surface area (Å²) >= 11 is 6.27. The van der Waals surface area contributed by atoms with Crippen molar-refractivity contribution in [3.8, 4) is 11.1 Å². The van der Waals surface area contributed by atoms with E-state index in [1.54, 1.807) is 0 Å². The summed E-state index contributed by atoms with van der Waals surface area (Å²) in [5, 5.41) is 6.47. The molecule has 8 nitrogen and oxygen atoms in total. The second-order valence-corrected chi connectivity index (χ2v) is 8.03. The predicted octanol–water partition coefficient (Wildman–Crippen LogP) is 3.03. The molecule has 0 aliphatic carbocycles. The van der Waals surface area contributed by atoms with Crippen molar-refractivity contribution >= 4 is 29.2 Å². The maximum absolute atomic E-state index is 12.9. The van der Waals surface area contributed by atoms with Crippen LogP contribution in [-0.4, -0.2) is 58.4 Å². The monoisotopic (exact) mass is 463 g/mol. The second-order valence-electron chi connectivity index (χ2n) is 7.67. The fraction of sp³-hybridized carbons (Fsp3) is 0.250. The summed E-state index contributed by atoms with van der Waals surface area (Å²) in [6.07, 6.45) is 5.17. The Labute approximate surface area is 197 Å². The average Bonchev–Trinajstić information content (AvgIpc) is 2.84. The minimum absolute atomic E-state index is 0.00349. The van der Waals surface area contributed by atoms with E-state index >= 15 is 0 Å². The third-order valence-electron chi connectivity index (χ3n) is 5.34. The van der Waals surface area contributed by atoms with E-state index in [2.05, 4.69) is 30.5 Å². The van der Waals surface area contributed by atoms with Crippen molar-refractivity contribution in [3.05, 3.63) is 77.2 Å². The zero-order chi connectivity index (χ0) is 23.0. The third kappa shape index (κ3) is 6.13. The lowest BCUT2D eigenvalue weighted by Gasteiger charge is -2.25. The molecule has 2 aromatic heterocycles. The van der Waals surface area contributed by atoms with Gasteiger partial charge in [-0.05, 0) is 17.7 Å². The van der Waals surface area contributed by atoms with Gasteiger partial charge < -0.3 is 16.4 Å². The van der Waals surface area contributed by atoms with Crippen LogP contribution in [0.4, 0.5) is 11.8 Å². The van der Waals surface area contributed by atoms with Crippen LogP contribution in [0.5, 0.6) is 0 Å². The van der Waals surface area contributed by atoms with Crippen molar-refractivity contribution < 1.29 is 4.79 Å². The van der Waals surface area contributed by atoms with Crippen LogP contribution in [0.1, 0.15) is 16.1 Å².